The van der Waals surface area contributed by atoms with Crippen LogP contribution in [0.25, 0.3) is 11.3 Å². The van der Waals surface area contributed by atoms with Gasteiger partial charge in [0.1, 0.15) is 0 Å². The van der Waals surface area contributed by atoms with Crippen LogP contribution >= 0.6 is 0 Å². The molecule has 2 aromatic rings. The number of pyridine rings is 1. The quantitative estimate of drug-likeness (QED) is 0.651. The monoisotopic (exact) mass is 314 g/mol. The van der Waals surface area contributed by atoms with Crippen LogP contribution < -0.4 is 0 Å². The predicted octanol–water partition coefficient (Wildman–Crippen LogP) is 3.61. The van der Waals surface area contributed by atoms with Gasteiger partial charge >= 0.3 is 12.1 Å². The van der Waals surface area contributed by atoms with E-state index in [0.717, 1.165) is 12.1 Å². The molecule has 0 aliphatic carbocycles. The molecule has 0 unspecified atom stereocenters. The molecule has 1 aromatic heterocycles. The maximum Gasteiger partial charge on any atom is 0.416 e. The average molecular weight is 314 g/mol. The van der Waals surface area contributed by atoms with Crippen LogP contribution in [0.2, 0.25) is 0 Å². The van der Waals surface area contributed by atoms with Gasteiger partial charge in [-0.05, 0) is 24.3 Å². The van der Waals surface area contributed by atoms with Crippen molar-refractivity contribution in [3.8, 4) is 11.3 Å². The van der Waals surface area contributed by atoms with Crippen molar-refractivity contribution in [2.24, 2.45) is 5.34 Å². The molecule has 0 saturated heterocycles. The van der Waals surface area contributed by atoms with Gasteiger partial charge in [-0.1, -0.05) is 12.1 Å². The summed E-state index contributed by atoms with van der Waals surface area (Å²) in [7, 11) is 0. The van der Waals surface area contributed by atoms with Gasteiger partial charge < -0.3 is 10.3 Å². The summed E-state index contributed by atoms with van der Waals surface area (Å²) >= 11 is 0. The third-order valence-corrected chi connectivity index (χ3v) is 2.49. The van der Waals surface area contributed by atoms with Gasteiger partial charge in [0.25, 0.3) is 0 Å². The van der Waals surface area contributed by atoms with Crippen LogP contribution in [0.15, 0.2) is 47.9 Å². The van der Waals surface area contributed by atoms with Gasteiger partial charge in [-0.3, -0.25) is 4.98 Å². The maximum atomic E-state index is 12.6. The van der Waals surface area contributed by atoms with Crippen molar-refractivity contribution in [3.05, 3.63) is 58.6 Å². The molecule has 0 saturated carbocycles. The van der Waals surface area contributed by atoms with Gasteiger partial charge in [0.2, 0.25) is 0 Å². The summed E-state index contributed by atoms with van der Waals surface area (Å²) in [4.78, 5) is 22.8. The number of carboxylic acids is 1. The van der Waals surface area contributed by atoms with E-state index in [1.807, 2.05) is 0 Å². The molecule has 1 heterocycles. The molecule has 0 fully saturated rings. The normalized spacial score (nSPS) is 10.3. The van der Waals surface area contributed by atoms with E-state index in [1.165, 1.54) is 35.8 Å². The van der Waals surface area contributed by atoms with Crippen LogP contribution in [0.1, 0.15) is 15.9 Å². The summed E-state index contributed by atoms with van der Waals surface area (Å²) in [6, 6.07) is 7.10. The Morgan fingerprint density at radius 3 is 2.36 bits per heavy atom. The van der Waals surface area contributed by atoms with Gasteiger partial charge in [0.05, 0.1) is 16.8 Å². The fourth-order valence-corrected chi connectivity index (χ4v) is 1.58. The Hall–Kier alpha value is -2.97. The van der Waals surface area contributed by atoms with Crippen molar-refractivity contribution in [1.29, 1.82) is 0 Å². The van der Waals surface area contributed by atoms with Crippen LogP contribution in [-0.4, -0.2) is 21.3 Å². The number of hydrogen-bond donors (Lipinski definition) is 2. The zero-order valence-corrected chi connectivity index (χ0v) is 10.8. The number of aromatic nitrogens is 1. The van der Waals surface area contributed by atoms with Crippen LogP contribution in [0.5, 0.6) is 0 Å². The van der Waals surface area contributed by atoms with Gasteiger partial charge in [-0.15, -0.1) is 4.91 Å². The van der Waals surface area contributed by atoms with Crippen molar-refractivity contribution >= 4 is 5.97 Å². The summed E-state index contributed by atoms with van der Waals surface area (Å²) in [6.07, 6.45) is -3.19. The number of rotatable bonds is 2. The number of aromatic carboxylic acids is 1. The van der Waals surface area contributed by atoms with E-state index in [2.05, 4.69) is 4.98 Å². The summed E-state index contributed by atoms with van der Waals surface area (Å²) < 4.78 is 37.7. The molecule has 1 aromatic carbocycles. The SMILES string of the molecule is O=C(O)c1ccnc(-c2cccc(C(F)(F)F)c2)c1.O=NO. The smallest absolute Gasteiger partial charge is 0.416 e. The van der Waals surface area contributed by atoms with Gasteiger partial charge in [0.15, 0.2) is 5.34 Å². The zero-order valence-electron chi connectivity index (χ0n) is 10.8. The first-order chi connectivity index (χ1) is 10.3. The Balaban J connectivity index is 0.000000745. The van der Waals surface area contributed by atoms with E-state index in [-0.39, 0.29) is 16.8 Å². The lowest BCUT2D eigenvalue weighted by Crippen LogP contribution is -2.04. The first-order valence-electron chi connectivity index (χ1n) is 5.63. The van der Waals surface area contributed by atoms with Crippen LogP contribution in [0.4, 0.5) is 13.2 Å². The molecule has 0 atom stereocenters. The van der Waals surface area contributed by atoms with Gasteiger partial charge in [-0.2, -0.15) is 13.2 Å². The zero-order chi connectivity index (χ0) is 16.8. The second kappa shape index (κ2) is 7.16. The molecule has 0 aliphatic heterocycles. The van der Waals surface area contributed by atoms with Crippen LogP contribution in [0.3, 0.4) is 0 Å². The minimum absolute atomic E-state index is 0.0255. The van der Waals surface area contributed by atoms with Gasteiger partial charge in [0, 0.05) is 11.8 Å². The molecular weight excluding hydrogens is 305 g/mol. The average Bonchev–Trinajstić information content (AvgIpc) is 2.47. The highest BCUT2D eigenvalue weighted by Crippen LogP contribution is 2.31. The Kier molecular flexibility index (Phi) is 5.56. The Labute approximate surface area is 121 Å². The molecule has 0 bridgehead atoms. The number of hydrogen-bond acceptors (Lipinski definition) is 4. The molecule has 6 nitrogen and oxygen atoms in total. The summed E-state index contributed by atoms with van der Waals surface area (Å²) in [5, 5.41) is 16.7. The van der Waals surface area contributed by atoms with Crippen molar-refractivity contribution in [2.45, 2.75) is 6.18 Å². The Morgan fingerprint density at radius 1 is 1.18 bits per heavy atom. The minimum atomic E-state index is -4.44. The van der Waals surface area contributed by atoms with E-state index in [4.69, 9.17) is 15.2 Å². The molecule has 2 N–H and O–H groups in total. The number of halogens is 3. The van der Waals surface area contributed by atoms with E-state index in [1.54, 1.807) is 0 Å². The first kappa shape index (κ1) is 17.1. The van der Waals surface area contributed by atoms with Crippen molar-refractivity contribution in [2.75, 3.05) is 0 Å². The molecule has 116 valence electrons. The fourth-order valence-electron chi connectivity index (χ4n) is 1.58. The number of nitrogens with zero attached hydrogens (tertiary/aromatic N) is 2. The topological polar surface area (TPSA) is 99.8 Å². The standard InChI is InChI=1S/C13H8F3NO2.HNO2/c14-13(15,16)10-3-1-2-8(6-10)11-7-9(12(18)19)4-5-17-11;2-1-3/h1-7H,(H,18,19);(H,2,3). The first-order valence-corrected chi connectivity index (χ1v) is 5.63. The van der Waals surface area contributed by atoms with Crippen molar-refractivity contribution < 1.29 is 28.3 Å². The lowest BCUT2D eigenvalue weighted by atomic mass is 10.1. The molecule has 2 rings (SSSR count). The van der Waals surface area contributed by atoms with E-state index >= 15 is 0 Å². The molecular formula is C13H9F3N2O4. The lowest BCUT2D eigenvalue weighted by molar-refractivity contribution is -0.137. The molecule has 0 amide bonds. The van der Waals surface area contributed by atoms with E-state index < -0.39 is 17.7 Å². The molecule has 9 heteroatoms. The predicted molar refractivity (Wildman–Crippen MR) is 69.2 cm³/mol. The lowest BCUT2D eigenvalue weighted by Gasteiger charge is -2.08. The molecule has 0 spiro atoms. The second-order valence-corrected chi connectivity index (χ2v) is 3.90. The number of carbonyl (C=O) groups is 1. The fraction of sp³-hybridized carbons (Fsp3) is 0.0769. The van der Waals surface area contributed by atoms with E-state index in [0.29, 0.717) is 0 Å². The van der Waals surface area contributed by atoms with Crippen LogP contribution in [0, 0.1) is 4.91 Å². The summed E-state index contributed by atoms with van der Waals surface area (Å²) in [6.45, 7) is 0. The Morgan fingerprint density at radius 2 is 1.82 bits per heavy atom. The Bertz CT molecular complexity index is 674. The minimum Gasteiger partial charge on any atom is -0.478 e. The van der Waals surface area contributed by atoms with Crippen LogP contribution in [-0.2, 0) is 6.18 Å². The summed E-state index contributed by atoms with van der Waals surface area (Å²) in [5.74, 6) is -1.16. The molecule has 22 heavy (non-hydrogen) atoms. The number of alkyl halides is 3. The highest BCUT2D eigenvalue weighted by atomic mass is 19.4. The highest BCUT2D eigenvalue weighted by molar-refractivity contribution is 5.88. The van der Waals surface area contributed by atoms with Crippen molar-refractivity contribution in [3.63, 3.8) is 0 Å². The largest absolute Gasteiger partial charge is 0.478 e. The van der Waals surface area contributed by atoms with Crippen molar-refractivity contribution in [1.82, 2.24) is 4.98 Å². The third-order valence-electron chi connectivity index (χ3n) is 2.49. The number of benzene rings is 1. The highest BCUT2D eigenvalue weighted by Gasteiger charge is 2.30. The maximum absolute atomic E-state index is 12.6. The second-order valence-electron chi connectivity index (χ2n) is 3.90. The molecule has 0 radical (unpaired) electrons. The third kappa shape index (κ3) is 4.54. The summed E-state index contributed by atoms with van der Waals surface area (Å²) in [5.41, 5.74) is -0.418. The number of carboxylic acid groups (broad SMARTS) is 1. The molecule has 0 aliphatic rings. The van der Waals surface area contributed by atoms with E-state index in [9.17, 15) is 18.0 Å². The van der Waals surface area contributed by atoms with Gasteiger partial charge in [-0.25, -0.2) is 4.79 Å².